The SMILES string of the molecule is CCOC(=O)C(O)c1c(C)c(Cl)cc(C)c1OC. The van der Waals surface area contributed by atoms with Crippen molar-refractivity contribution in [2.24, 2.45) is 0 Å². The fourth-order valence-electron chi connectivity index (χ4n) is 1.81. The van der Waals surface area contributed by atoms with E-state index in [2.05, 4.69) is 0 Å². The molecule has 18 heavy (non-hydrogen) atoms. The summed E-state index contributed by atoms with van der Waals surface area (Å²) >= 11 is 6.06. The smallest absolute Gasteiger partial charge is 0.339 e. The number of aryl methyl sites for hydroxylation is 1. The molecule has 1 rings (SSSR count). The molecule has 5 heteroatoms. The van der Waals surface area contributed by atoms with Gasteiger partial charge in [-0.2, -0.15) is 0 Å². The van der Waals surface area contributed by atoms with Gasteiger partial charge in [-0.15, -0.1) is 0 Å². The van der Waals surface area contributed by atoms with Crippen LogP contribution in [0, 0.1) is 13.8 Å². The molecule has 1 aromatic rings. The van der Waals surface area contributed by atoms with Gasteiger partial charge in [-0.1, -0.05) is 11.6 Å². The molecule has 0 bridgehead atoms. The number of carbonyl (C=O) groups excluding carboxylic acids is 1. The number of aliphatic hydroxyl groups excluding tert-OH is 1. The summed E-state index contributed by atoms with van der Waals surface area (Å²) < 4.78 is 10.0. The molecule has 0 aliphatic rings. The largest absolute Gasteiger partial charge is 0.496 e. The van der Waals surface area contributed by atoms with Crippen molar-refractivity contribution in [1.29, 1.82) is 0 Å². The van der Waals surface area contributed by atoms with E-state index in [0.29, 0.717) is 21.9 Å². The first-order valence-corrected chi connectivity index (χ1v) is 6.00. The summed E-state index contributed by atoms with van der Waals surface area (Å²) in [5.41, 5.74) is 1.73. The molecule has 0 amide bonds. The third-order valence-electron chi connectivity index (χ3n) is 2.70. The summed E-state index contributed by atoms with van der Waals surface area (Å²) in [5, 5.41) is 10.5. The average molecular weight is 273 g/mol. The molecular weight excluding hydrogens is 256 g/mol. The molecule has 0 aliphatic carbocycles. The fraction of sp³-hybridized carbons (Fsp3) is 0.462. The minimum absolute atomic E-state index is 0.205. The van der Waals surface area contributed by atoms with Crippen molar-refractivity contribution in [2.75, 3.05) is 13.7 Å². The number of hydrogen-bond donors (Lipinski definition) is 1. The molecule has 0 saturated carbocycles. The van der Waals surface area contributed by atoms with Gasteiger partial charge in [0, 0.05) is 10.6 Å². The van der Waals surface area contributed by atoms with Crippen LogP contribution in [0.5, 0.6) is 5.75 Å². The Bertz CT molecular complexity index is 457. The third-order valence-corrected chi connectivity index (χ3v) is 3.09. The molecule has 0 heterocycles. The number of halogens is 1. The van der Waals surface area contributed by atoms with E-state index < -0.39 is 12.1 Å². The number of rotatable bonds is 4. The molecule has 0 aromatic heterocycles. The minimum atomic E-state index is -1.39. The summed E-state index contributed by atoms with van der Waals surface area (Å²) in [4.78, 5) is 11.6. The van der Waals surface area contributed by atoms with Crippen LogP contribution in [0.2, 0.25) is 5.02 Å². The molecule has 0 aliphatic heterocycles. The molecule has 0 spiro atoms. The Kier molecular flexibility index (Phi) is 4.99. The monoisotopic (exact) mass is 272 g/mol. The molecule has 1 aromatic carbocycles. The summed E-state index contributed by atoms with van der Waals surface area (Å²) in [6.07, 6.45) is -1.39. The standard InChI is InChI=1S/C13H17ClO4/c1-5-18-13(16)11(15)10-8(3)9(14)6-7(2)12(10)17-4/h6,11,15H,5H2,1-4H3. The Balaban J connectivity index is 3.33. The number of benzene rings is 1. The zero-order chi connectivity index (χ0) is 13.9. The molecule has 4 nitrogen and oxygen atoms in total. The number of methoxy groups -OCH3 is 1. The van der Waals surface area contributed by atoms with Crippen LogP contribution in [-0.4, -0.2) is 24.8 Å². The van der Waals surface area contributed by atoms with E-state index >= 15 is 0 Å². The fourth-order valence-corrected chi connectivity index (χ4v) is 2.08. The molecule has 0 fully saturated rings. The van der Waals surface area contributed by atoms with Gasteiger partial charge >= 0.3 is 5.97 Å². The number of carbonyl (C=O) groups is 1. The van der Waals surface area contributed by atoms with Gasteiger partial charge < -0.3 is 14.6 Å². The zero-order valence-electron chi connectivity index (χ0n) is 10.9. The number of aliphatic hydroxyl groups is 1. The lowest BCUT2D eigenvalue weighted by molar-refractivity contribution is -0.153. The Hall–Kier alpha value is -1.26. The van der Waals surface area contributed by atoms with Crippen molar-refractivity contribution >= 4 is 17.6 Å². The quantitative estimate of drug-likeness (QED) is 0.856. The first kappa shape index (κ1) is 14.8. The molecule has 0 saturated heterocycles. The van der Waals surface area contributed by atoms with Crippen LogP contribution in [0.3, 0.4) is 0 Å². The molecular formula is C13H17ClO4. The maximum atomic E-state index is 11.6. The van der Waals surface area contributed by atoms with Crippen LogP contribution >= 0.6 is 11.6 Å². The molecule has 1 N–H and O–H groups in total. The lowest BCUT2D eigenvalue weighted by Gasteiger charge is -2.19. The van der Waals surface area contributed by atoms with Gasteiger partial charge in [-0.05, 0) is 38.0 Å². The van der Waals surface area contributed by atoms with Crippen LogP contribution < -0.4 is 4.74 Å². The predicted octanol–water partition coefficient (Wildman–Crippen LogP) is 2.56. The lowest BCUT2D eigenvalue weighted by Crippen LogP contribution is -2.17. The van der Waals surface area contributed by atoms with Crippen molar-refractivity contribution in [3.8, 4) is 5.75 Å². The topological polar surface area (TPSA) is 55.8 Å². The Labute approximate surface area is 111 Å². The van der Waals surface area contributed by atoms with Gasteiger partial charge in [-0.25, -0.2) is 4.79 Å². The van der Waals surface area contributed by atoms with E-state index in [1.807, 2.05) is 0 Å². The van der Waals surface area contributed by atoms with Gasteiger partial charge in [0.15, 0.2) is 6.10 Å². The second-order valence-corrected chi connectivity index (χ2v) is 4.31. The van der Waals surface area contributed by atoms with Crippen LogP contribution in [0.15, 0.2) is 6.07 Å². The van der Waals surface area contributed by atoms with E-state index in [4.69, 9.17) is 21.1 Å². The van der Waals surface area contributed by atoms with E-state index in [9.17, 15) is 9.90 Å². The first-order valence-electron chi connectivity index (χ1n) is 5.62. The highest BCUT2D eigenvalue weighted by Crippen LogP contribution is 2.36. The summed E-state index contributed by atoms with van der Waals surface area (Å²) in [6, 6.07) is 1.73. The average Bonchev–Trinajstić information content (AvgIpc) is 2.32. The highest BCUT2D eigenvalue weighted by Gasteiger charge is 2.26. The molecule has 1 unspecified atom stereocenters. The minimum Gasteiger partial charge on any atom is -0.496 e. The predicted molar refractivity (Wildman–Crippen MR) is 69.1 cm³/mol. The van der Waals surface area contributed by atoms with Crippen LogP contribution in [0.1, 0.15) is 29.7 Å². The Morgan fingerprint density at radius 2 is 2.11 bits per heavy atom. The second kappa shape index (κ2) is 6.07. The number of ether oxygens (including phenoxy) is 2. The highest BCUT2D eigenvalue weighted by atomic mass is 35.5. The Morgan fingerprint density at radius 3 is 2.61 bits per heavy atom. The number of hydrogen-bond acceptors (Lipinski definition) is 4. The summed E-state index contributed by atoms with van der Waals surface area (Å²) in [5.74, 6) is -0.252. The second-order valence-electron chi connectivity index (χ2n) is 3.90. The zero-order valence-corrected chi connectivity index (χ0v) is 11.7. The van der Waals surface area contributed by atoms with E-state index in [1.165, 1.54) is 7.11 Å². The molecule has 1 atom stereocenters. The number of esters is 1. The third kappa shape index (κ3) is 2.76. The van der Waals surface area contributed by atoms with Crippen molar-refractivity contribution in [2.45, 2.75) is 26.9 Å². The molecule has 100 valence electrons. The maximum Gasteiger partial charge on any atom is 0.339 e. The highest BCUT2D eigenvalue weighted by molar-refractivity contribution is 6.31. The van der Waals surface area contributed by atoms with Crippen molar-refractivity contribution in [3.63, 3.8) is 0 Å². The summed E-state index contributed by atoms with van der Waals surface area (Å²) in [6.45, 7) is 5.41. The van der Waals surface area contributed by atoms with Gasteiger partial charge in [-0.3, -0.25) is 0 Å². The van der Waals surface area contributed by atoms with Crippen LogP contribution in [-0.2, 0) is 9.53 Å². The van der Waals surface area contributed by atoms with Crippen LogP contribution in [0.25, 0.3) is 0 Å². The Morgan fingerprint density at radius 1 is 1.50 bits per heavy atom. The maximum absolute atomic E-state index is 11.6. The molecule has 0 radical (unpaired) electrons. The van der Waals surface area contributed by atoms with Crippen molar-refractivity contribution < 1.29 is 19.4 Å². The van der Waals surface area contributed by atoms with E-state index in [-0.39, 0.29) is 6.61 Å². The van der Waals surface area contributed by atoms with Gasteiger partial charge in [0.2, 0.25) is 0 Å². The van der Waals surface area contributed by atoms with Crippen LogP contribution in [0.4, 0.5) is 0 Å². The van der Waals surface area contributed by atoms with E-state index in [0.717, 1.165) is 5.56 Å². The van der Waals surface area contributed by atoms with Crippen molar-refractivity contribution in [1.82, 2.24) is 0 Å². The van der Waals surface area contributed by atoms with Gasteiger partial charge in [0.05, 0.1) is 13.7 Å². The normalized spacial score (nSPS) is 12.1. The summed E-state index contributed by atoms with van der Waals surface area (Å²) in [7, 11) is 1.48. The van der Waals surface area contributed by atoms with E-state index in [1.54, 1.807) is 26.8 Å². The first-order chi connectivity index (χ1) is 8.43. The van der Waals surface area contributed by atoms with Gasteiger partial charge in [0.1, 0.15) is 5.75 Å². The van der Waals surface area contributed by atoms with Gasteiger partial charge in [0.25, 0.3) is 0 Å². The lowest BCUT2D eigenvalue weighted by atomic mass is 9.99. The van der Waals surface area contributed by atoms with Crippen molar-refractivity contribution in [3.05, 3.63) is 27.8 Å².